The van der Waals surface area contributed by atoms with Gasteiger partial charge in [0, 0.05) is 11.8 Å². The highest BCUT2D eigenvalue weighted by Gasteiger charge is 2.04. The van der Waals surface area contributed by atoms with Gasteiger partial charge in [-0.3, -0.25) is 0 Å². The van der Waals surface area contributed by atoms with Gasteiger partial charge in [0.05, 0.1) is 0 Å². The number of para-hydroxylation sites is 1. The van der Waals surface area contributed by atoms with Gasteiger partial charge in [-0.1, -0.05) is 32.0 Å². The lowest BCUT2D eigenvalue weighted by Crippen LogP contribution is -1.78. The number of hydrogen-bond donors (Lipinski definition) is 0. The van der Waals surface area contributed by atoms with E-state index in [1.54, 1.807) is 0 Å². The molecule has 68 valence electrons. The average Bonchev–Trinajstić information content (AvgIpc) is 2.59. The van der Waals surface area contributed by atoms with Crippen LogP contribution >= 0.6 is 0 Å². The molecule has 0 aliphatic rings. The van der Waals surface area contributed by atoms with Crippen molar-refractivity contribution in [2.75, 3.05) is 0 Å². The molecule has 0 spiro atoms. The molecule has 2 rings (SSSR count). The first-order valence-electron chi connectivity index (χ1n) is 4.85. The lowest BCUT2D eigenvalue weighted by atomic mass is 10.1. The van der Waals surface area contributed by atoms with Crippen LogP contribution in [0, 0.1) is 0 Å². The molecule has 0 aliphatic carbocycles. The van der Waals surface area contributed by atoms with E-state index in [2.05, 4.69) is 38.1 Å². The van der Waals surface area contributed by atoms with E-state index < -0.39 is 0 Å². The highest BCUT2D eigenvalue weighted by molar-refractivity contribution is 5.81. The van der Waals surface area contributed by atoms with Crippen molar-refractivity contribution in [3.05, 3.63) is 35.6 Å². The molecule has 1 heterocycles. The lowest BCUT2D eigenvalue weighted by Gasteiger charge is -1.95. The van der Waals surface area contributed by atoms with E-state index >= 15 is 0 Å². The molecule has 0 fully saturated rings. The smallest absolute Gasteiger partial charge is 0.137 e. The largest absolute Gasteiger partial charge is 0.461 e. The molecule has 0 amide bonds. The third kappa shape index (κ3) is 1.35. The summed E-state index contributed by atoms with van der Waals surface area (Å²) in [5.74, 6) is 1.08. The van der Waals surface area contributed by atoms with Crippen LogP contribution in [0.15, 0.2) is 28.7 Å². The van der Waals surface area contributed by atoms with Crippen molar-refractivity contribution in [1.29, 1.82) is 0 Å². The normalized spacial score (nSPS) is 10.9. The Hall–Kier alpha value is -1.24. The predicted octanol–water partition coefficient (Wildman–Crippen LogP) is 3.56. The van der Waals surface area contributed by atoms with Gasteiger partial charge in [0.2, 0.25) is 0 Å². The molecule has 1 nitrogen and oxygen atoms in total. The van der Waals surface area contributed by atoms with Crippen LogP contribution in [0.4, 0.5) is 0 Å². The summed E-state index contributed by atoms with van der Waals surface area (Å²) in [5.41, 5.74) is 2.37. The molecule has 0 unspecified atom stereocenters. The van der Waals surface area contributed by atoms with Crippen LogP contribution in [0.1, 0.15) is 25.2 Å². The molecule has 0 saturated heterocycles. The van der Waals surface area contributed by atoms with E-state index in [9.17, 15) is 0 Å². The van der Waals surface area contributed by atoms with E-state index in [0.29, 0.717) is 0 Å². The van der Waals surface area contributed by atoms with Gasteiger partial charge in [-0.15, -0.1) is 0 Å². The number of benzene rings is 1. The van der Waals surface area contributed by atoms with E-state index in [1.165, 1.54) is 10.9 Å². The van der Waals surface area contributed by atoms with E-state index in [0.717, 1.165) is 24.2 Å². The van der Waals surface area contributed by atoms with Crippen molar-refractivity contribution in [3.8, 4) is 0 Å². The Kier molecular flexibility index (Phi) is 2.09. The van der Waals surface area contributed by atoms with Gasteiger partial charge in [0.25, 0.3) is 0 Å². The van der Waals surface area contributed by atoms with Crippen molar-refractivity contribution in [2.24, 2.45) is 0 Å². The second kappa shape index (κ2) is 3.25. The third-order valence-corrected chi connectivity index (χ3v) is 2.41. The zero-order valence-electron chi connectivity index (χ0n) is 8.13. The van der Waals surface area contributed by atoms with Crippen molar-refractivity contribution in [3.63, 3.8) is 0 Å². The topological polar surface area (TPSA) is 13.1 Å². The van der Waals surface area contributed by atoms with E-state index in [-0.39, 0.29) is 0 Å². The standard InChI is InChI=1S/C12H14O/c1-3-9-6-5-7-10-8-11(4-2)13-12(9)10/h5-8H,3-4H2,1-2H3. The maximum absolute atomic E-state index is 5.74. The highest BCUT2D eigenvalue weighted by Crippen LogP contribution is 2.23. The Balaban J connectivity index is 2.67. The van der Waals surface area contributed by atoms with Crippen molar-refractivity contribution in [2.45, 2.75) is 26.7 Å². The summed E-state index contributed by atoms with van der Waals surface area (Å²) in [7, 11) is 0. The Morgan fingerprint density at radius 1 is 1.15 bits per heavy atom. The number of rotatable bonds is 2. The minimum Gasteiger partial charge on any atom is -0.461 e. The summed E-state index contributed by atoms with van der Waals surface area (Å²) >= 11 is 0. The van der Waals surface area contributed by atoms with Gasteiger partial charge in [-0.25, -0.2) is 0 Å². The lowest BCUT2D eigenvalue weighted by molar-refractivity contribution is 0.554. The number of furan rings is 1. The third-order valence-electron chi connectivity index (χ3n) is 2.41. The van der Waals surface area contributed by atoms with Crippen molar-refractivity contribution >= 4 is 11.0 Å². The molecule has 0 bridgehead atoms. The molecule has 13 heavy (non-hydrogen) atoms. The Bertz CT molecular complexity index is 412. The number of aryl methyl sites for hydroxylation is 2. The zero-order valence-corrected chi connectivity index (χ0v) is 8.13. The zero-order chi connectivity index (χ0) is 9.26. The van der Waals surface area contributed by atoms with Gasteiger partial charge in [-0.2, -0.15) is 0 Å². The first-order chi connectivity index (χ1) is 6.35. The molecule has 1 aromatic carbocycles. The number of hydrogen-bond acceptors (Lipinski definition) is 1. The molecule has 0 saturated carbocycles. The second-order valence-electron chi connectivity index (χ2n) is 3.26. The Morgan fingerprint density at radius 2 is 2.00 bits per heavy atom. The first kappa shape index (κ1) is 8.36. The fourth-order valence-electron chi connectivity index (χ4n) is 1.63. The molecular formula is C12H14O. The van der Waals surface area contributed by atoms with Gasteiger partial charge in [0.1, 0.15) is 11.3 Å². The molecule has 1 aromatic heterocycles. The van der Waals surface area contributed by atoms with E-state index in [1.807, 2.05) is 0 Å². The second-order valence-corrected chi connectivity index (χ2v) is 3.26. The Morgan fingerprint density at radius 3 is 2.69 bits per heavy atom. The molecule has 0 aliphatic heterocycles. The maximum Gasteiger partial charge on any atom is 0.137 e. The van der Waals surface area contributed by atoms with Crippen LogP contribution in [0.25, 0.3) is 11.0 Å². The molecule has 0 radical (unpaired) electrons. The van der Waals surface area contributed by atoms with Crippen molar-refractivity contribution in [1.82, 2.24) is 0 Å². The summed E-state index contributed by atoms with van der Waals surface area (Å²) < 4.78 is 5.74. The van der Waals surface area contributed by atoms with E-state index in [4.69, 9.17) is 4.42 Å². The fourth-order valence-corrected chi connectivity index (χ4v) is 1.63. The monoisotopic (exact) mass is 174 g/mol. The van der Waals surface area contributed by atoms with Crippen LogP contribution in [0.5, 0.6) is 0 Å². The molecular weight excluding hydrogens is 160 g/mol. The van der Waals surface area contributed by atoms with Gasteiger partial charge in [-0.05, 0) is 18.1 Å². The minimum absolute atomic E-state index is 0.970. The van der Waals surface area contributed by atoms with Crippen LogP contribution in [0.2, 0.25) is 0 Å². The van der Waals surface area contributed by atoms with Gasteiger partial charge < -0.3 is 4.42 Å². The first-order valence-corrected chi connectivity index (χ1v) is 4.85. The van der Waals surface area contributed by atoms with Crippen LogP contribution in [-0.4, -0.2) is 0 Å². The Labute approximate surface area is 78.4 Å². The van der Waals surface area contributed by atoms with Crippen LogP contribution in [-0.2, 0) is 12.8 Å². The SMILES string of the molecule is CCc1cc2cccc(CC)c2o1. The summed E-state index contributed by atoms with van der Waals surface area (Å²) in [4.78, 5) is 0. The molecule has 2 aromatic rings. The highest BCUT2D eigenvalue weighted by atomic mass is 16.3. The molecule has 0 atom stereocenters. The van der Waals surface area contributed by atoms with Crippen molar-refractivity contribution < 1.29 is 4.42 Å². The molecule has 0 N–H and O–H groups in total. The predicted molar refractivity (Wildman–Crippen MR) is 55.0 cm³/mol. The summed E-state index contributed by atoms with van der Waals surface area (Å²) in [6.45, 7) is 4.27. The van der Waals surface area contributed by atoms with Gasteiger partial charge in [0.15, 0.2) is 0 Å². The fraction of sp³-hybridized carbons (Fsp3) is 0.333. The number of fused-ring (bicyclic) bond motifs is 1. The summed E-state index contributed by atoms with van der Waals surface area (Å²) in [6.07, 6.45) is 2.01. The minimum atomic E-state index is 0.970. The van der Waals surface area contributed by atoms with Crippen LogP contribution in [0.3, 0.4) is 0 Å². The molecule has 1 heteroatoms. The summed E-state index contributed by atoms with van der Waals surface area (Å²) in [5, 5.41) is 1.23. The quantitative estimate of drug-likeness (QED) is 0.678. The summed E-state index contributed by atoms with van der Waals surface area (Å²) in [6, 6.07) is 8.47. The van der Waals surface area contributed by atoms with Gasteiger partial charge >= 0.3 is 0 Å². The van der Waals surface area contributed by atoms with Crippen LogP contribution < -0.4 is 0 Å². The maximum atomic E-state index is 5.74. The average molecular weight is 174 g/mol.